The Labute approximate surface area is 105 Å². The van der Waals surface area contributed by atoms with Gasteiger partial charge >= 0.3 is 0 Å². The van der Waals surface area contributed by atoms with Crippen molar-refractivity contribution in [1.29, 1.82) is 0 Å². The molecule has 84 valence electrons. The fraction of sp³-hybridized carbons (Fsp3) is 0.455. The van der Waals surface area contributed by atoms with Crippen molar-refractivity contribution in [2.24, 2.45) is 5.73 Å². The Morgan fingerprint density at radius 3 is 2.73 bits per heavy atom. The van der Waals surface area contributed by atoms with Gasteiger partial charge in [-0.25, -0.2) is 0 Å². The van der Waals surface area contributed by atoms with Gasteiger partial charge in [-0.3, -0.25) is 4.90 Å². The van der Waals surface area contributed by atoms with Gasteiger partial charge in [-0.2, -0.15) is 0 Å². The van der Waals surface area contributed by atoms with Gasteiger partial charge in [-0.15, -0.1) is 0 Å². The molecule has 0 bridgehead atoms. The summed E-state index contributed by atoms with van der Waals surface area (Å²) in [4.78, 5) is 2.21. The van der Waals surface area contributed by atoms with Gasteiger partial charge in [0.15, 0.2) is 0 Å². The summed E-state index contributed by atoms with van der Waals surface area (Å²) in [7, 11) is 2.06. The molecule has 0 aliphatic rings. The number of halogens is 2. The van der Waals surface area contributed by atoms with Crippen LogP contribution in [0.15, 0.2) is 22.7 Å². The molecule has 1 unspecified atom stereocenters. The maximum absolute atomic E-state index is 6.02. The molecule has 4 heteroatoms. The van der Waals surface area contributed by atoms with Gasteiger partial charge in [-0.05, 0) is 47.6 Å². The summed E-state index contributed by atoms with van der Waals surface area (Å²) in [6.45, 7) is 3.65. The molecule has 0 radical (unpaired) electrons. The third kappa shape index (κ3) is 3.76. The van der Waals surface area contributed by atoms with Gasteiger partial charge in [0, 0.05) is 23.6 Å². The third-order valence-corrected chi connectivity index (χ3v) is 3.74. The van der Waals surface area contributed by atoms with Crippen LogP contribution in [-0.4, -0.2) is 24.5 Å². The van der Waals surface area contributed by atoms with Crippen molar-refractivity contribution in [3.8, 4) is 0 Å². The van der Waals surface area contributed by atoms with Crippen LogP contribution in [0.2, 0.25) is 5.02 Å². The van der Waals surface area contributed by atoms with Gasteiger partial charge in [0.25, 0.3) is 0 Å². The Morgan fingerprint density at radius 2 is 2.20 bits per heavy atom. The second-order valence-electron chi connectivity index (χ2n) is 3.75. The number of rotatable bonds is 4. The summed E-state index contributed by atoms with van der Waals surface area (Å²) >= 11 is 9.39. The van der Waals surface area contributed by atoms with E-state index in [9.17, 15) is 0 Å². The van der Waals surface area contributed by atoms with Crippen LogP contribution < -0.4 is 5.73 Å². The molecule has 0 aromatic heterocycles. The standard InChI is InChI=1S/C11H16BrClN2/c1-8(6-14)15(2)7-9-3-4-10(12)11(13)5-9/h3-5,8H,6-7,14H2,1-2H3. The summed E-state index contributed by atoms with van der Waals surface area (Å²) in [6, 6.07) is 6.40. The summed E-state index contributed by atoms with van der Waals surface area (Å²) in [5, 5.41) is 0.751. The molecule has 0 saturated carbocycles. The molecule has 0 saturated heterocycles. The molecular weight excluding hydrogens is 275 g/mol. The van der Waals surface area contributed by atoms with Crippen molar-refractivity contribution in [3.63, 3.8) is 0 Å². The van der Waals surface area contributed by atoms with E-state index in [1.54, 1.807) is 0 Å². The summed E-state index contributed by atoms with van der Waals surface area (Å²) in [6.07, 6.45) is 0. The highest BCUT2D eigenvalue weighted by atomic mass is 79.9. The normalized spacial score (nSPS) is 13.2. The average Bonchev–Trinajstić information content (AvgIpc) is 2.22. The van der Waals surface area contributed by atoms with Gasteiger partial charge in [0.2, 0.25) is 0 Å². The van der Waals surface area contributed by atoms with E-state index in [-0.39, 0.29) is 0 Å². The highest BCUT2D eigenvalue weighted by Crippen LogP contribution is 2.23. The Hall–Kier alpha value is -0.0900. The molecule has 0 amide bonds. The van der Waals surface area contributed by atoms with E-state index in [4.69, 9.17) is 17.3 Å². The Morgan fingerprint density at radius 1 is 1.53 bits per heavy atom. The lowest BCUT2D eigenvalue weighted by Gasteiger charge is -2.23. The third-order valence-electron chi connectivity index (χ3n) is 2.51. The minimum absolute atomic E-state index is 0.382. The van der Waals surface area contributed by atoms with Crippen LogP contribution in [0.5, 0.6) is 0 Å². The predicted octanol–water partition coefficient (Wildman–Crippen LogP) is 2.88. The van der Waals surface area contributed by atoms with E-state index in [0.717, 1.165) is 16.0 Å². The van der Waals surface area contributed by atoms with Crippen molar-refractivity contribution in [2.45, 2.75) is 19.5 Å². The van der Waals surface area contributed by atoms with Crippen molar-refractivity contribution >= 4 is 27.5 Å². The molecule has 15 heavy (non-hydrogen) atoms. The summed E-state index contributed by atoms with van der Waals surface area (Å²) in [5.74, 6) is 0. The number of nitrogens with two attached hydrogens (primary N) is 1. The highest BCUT2D eigenvalue weighted by Gasteiger charge is 2.08. The predicted molar refractivity (Wildman–Crippen MR) is 69.1 cm³/mol. The van der Waals surface area contributed by atoms with Crippen molar-refractivity contribution in [3.05, 3.63) is 33.3 Å². The van der Waals surface area contributed by atoms with Gasteiger partial charge in [-0.1, -0.05) is 17.7 Å². The molecule has 0 heterocycles. The minimum Gasteiger partial charge on any atom is -0.329 e. The molecule has 0 spiro atoms. The number of hydrogen-bond acceptors (Lipinski definition) is 2. The molecule has 2 nitrogen and oxygen atoms in total. The Bertz CT molecular complexity index is 330. The van der Waals surface area contributed by atoms with Crippen LogP contribution in [0.1, 0.15) is 12.5 Å². The molecule has 0 aliphatic carbocycles. The summed E-state index contributed by atoms with van der Waals surface area (Å²) in [5.41, 5.74) is 6.81. The monoisotopic (exact) mass is 290 g/mol. The van der Waals surface area contributed by atoms with E-state index < -0.39 is 0 Å². The first-order chi connectivity index (χ1) is 7.04. The lowest BCUT2D eigenvalue weighted by atomic mass is 10.2. The number of likely N-dealkylation sites (N-methyl/N-ethyl adjacent to an activating group) is 1. The zero-order valence-corrected chi connectivity index (χ0v) is 11.3. The number of hydrogen-bond donors (Lipinski definition) is 1. The second-order valence-corrected chi connectivity index (χ2v) is 5.01. The first-order valence-corrected chi connectivity index (χ1v) is 6.06. The topological polar surface area (TPSA) is 29.3 Å². The van der Waals surface area contributed by atoms with Crippen LogP contribution >= 0.6 is 27.5 Å². The molecule has 2 N–H and O–H groups in total. The lowest BCUT2D eigenvalue weighted by molar-refractivity contribution is 0.255. The molecule has 1 aromatic carbocycles. The van der Waals surface area contributed by atoms with Gasteiger partial charge in [0.1, 0.15) is 0 Å². The van der Waals surface area contributed by atoms with Crippen LogP contribution in [-0.2, 0) is 6.54 Å². The molecular formula is C11H16BrClN2. The van der Waals surface area contributed by atoms with Crippen LogP contribution in [0.4, 0.5) is 0 Å². The van der Waals surface area contributed by atoms with Crippen molar-refractivity contribution < 1.29 is 0 Å². The smallest absolute Gasteiger partial charge is 0.0551 e. The van der Waals surface area contributed by atoms with Crippen LogP contribution in [0, 0.1) is 0 Å². The SMILES string of the molecule is CC(CN)N(C)Cc1ccc(Br)c(Cl)c1. The maximum atomic E-state index is 6.02. The second kappa shape index (κ2) is 5.85. The van der Waals surface area contributed by atoms with E-state index >= 15 is 0 Å². The average molecular weight is 292 g/mol. The molecule has 1 rings (SSSR count). The highest BCUT2D eigenvalue weighted by molar-refractivity contribution is 9.10. The minimum atomic E-state index is 0.382. The van der Waals surface area contributed by atoms with Gasteiger partial charge in [0.05, 0.1) is 5.02 Å². The lowest BCUT2D eigenvalue weighted by Crippen LogP contribution is -2.34. The van der Waals surface area contributed by atoms with Gasteiger partial charge < -0.3 is 5.73 Å². The van der Waals surface area contributed by atoms with E-state index in [0.29, 0.717) is 12.6 Å². The van der Waals surface area contributed by atoms with Crippen LogP contribution in [0.3, 0.4) is 0 Å². The van der Waals surface area contributed by atoms with Crippen LogP contribution in [0.25, 0.3) is 0 Å². The quantitative estimate of drug-likeness (QED) is 0.924. The first kappa shape index (κ1) is 13.0. The molecule has 0 aliphatic heterocycles. The molecule has 0 fully saturated rings. The zero-order valence-electron chi connectivity index (χ0n) is 9.00. The summed E-state index contributed by atoms with van der Waals surface area (Å²) < 4.78 is 0.933. The fourth-order valence-corrected chi connectivity index (χ4v) is 1.71. The fourth-order valence-electron chi connectivity index (χ4n) is 1.26. The Balaban J connectivity index is 2.68. The maximum Gasteiger partial charge on any atom is 0.0551 e. The van der Waals surface area contributed by atoms with Crippen molar-refractivity contribution in [1.82, 2.24) is 4.90 Å². The number of nitrogens with zero attached hydrogens (tertiary/aromatic N) is 1. The number of benzene rings is 1. The zero-order chi connectivity index (χ0) is 11.4. The molecule has 1 aromatic rings. The Kier molecular flexibility index (Phi) is 5.06. The first-order valence-electron chi connectivity index (χ1n) is 4.89. The largest absolute Gasteiger partial charge is 0.329 e. The van der Waals surface area contributed by atoms with E-state index in [2.05, 4.69) is 40.9 Å². The molecule has 1 atom stereocenters. The van der Waals surface area contributed by atoms with E-state index in [1.165, 1.54) is 5.56 Å². The van der Waals surface area contributed by atoms with Crippen molar-refractivity contribution in [2.75, 3.05) is 13.6 Å². The van der Waals surface area contributed by atoms with E-state index in [1.807, 2.05) is 12.1 Å².